The summed E-state index contributed by atoms with van der Waals surface area (Å²) in [5.41, 5.74) is 4.53. The Balaban J connectivity index is 1.75. The highest BCUT2D eigenvalue weighted by molar-refractivity contribution is 8.00. The van der Waals surface area contributed by atoms with Crippen LogP contribution in [-0.2, 0) is 0 Å². The lowest BCUT2D eigenvalue weighted by atomic mass is 10.1. The average molecular weight is 340 g/mol. The number of hydrogen-bond acceptors (Lipinski definition) is 4. The summed E-state index contributed by atoms with van der Waals surface area (Å²) in [5.74, 6) is 0.0717. The molecule has 1 aliphatic heterocycles. The molecule has 23 heavy (non-hydrogen) atoms. The molecule has 0 fully saturated rings. The number of carbonyl (C=O) groups is 1. The molecule has 0 saturated carbocycles. The molecule has 3 aromatic rings. The van der Waals surface area contributed by atoms with Crippen LogP contribution in [0.4, 0.5) is 5.69 Å². The fourth-order valence-corrected chi connectivity index (χ4v) is 4.67. The quantitative estimate of drug-likeness (QED) is 0.636. The summed E-state index contributed by atoms with van der Waals surface area (Å²) >= 11 is 3.42. The average Bonchev–Trinajstić information content (AvgIpc) is 2.96. The van der Waals surface area contributed by atoms with Crippen LogP contribution in [0.1, 0.15) is 23.7 Å². The maximum atomic E-state index is 13.1. The maximum Gasteiger partial charge on any atom is 0.258 e. The van der Waals surface area contributed by atoms with E-state index in [1.807, 2.05) is 58.6 Å². The number of nitrogens with zero attached hydrogens (tertiary/aromatic N) is 2. The molecule has 1 unspecified atom stereocenters. The van der Waals surface area contributed by atoms with Crippen molar-refractivity contribution in [3.63, 3.8) is 0 Å². The molecule has 1 aromatic heterocycles. The third-order valence-corrected chi connectivity index (χ3v) is 6.10. The molecule has 0 aliphatic carbocycles. The molecule has 0 bridgehead atoms. The summed E-state index contributed by atoms with van der Waals surface area (Å²) in [6, 6.07) is 14.0. The highest BCUT2D eigenvalue weighted by Crippen LogP contribution is 2.38. The molecule has 2 heterocycles. The number of anilines is 1. The molecule has 1 atom stereocenters. The van der Waals surface area contributed by atoms with E-state index in [0.717, 1.165) is 34.4 Å². The Morgan fingerprint density at radius 3 is 3.04 bits per heavy atom. The Labute approximate surface area is 143 Å². The largest absolute Gasteiger partial charge is 0.307 e. The Morgan fingerprint density at radius 2 is 2.13 bits per heavy atom. The Bertz CT molecular complexity index is 874. The fraction of sp³-hybridized carbons (Fsp3) is 0.222. The van der Waals surface area contributed by atoms with Crippen molar-refractivity contribution >= 4 is 44.9 Å². The number of hydrogen-bond donors (Lipinski definition) is 0. The molecule has 1 aliphatic rings. The number of thiazole rings is 1. The summed E-state index contributed by atoms with van der Waals surface area (Å²) < 4.78 is 1.06. The van der Waals surface area contributed by atoms with Crippen molar-refractivity contribution in [2.75, 3.05) is 11.4 Å². The zero-order chi connectivity index (χ0) is 15.8. The number of amides is 1. The first-order valence-electron chi connectivity index (χ1n) is 7.63. The van der Waals surface area contributed by atoms with E-state index in [4.69, 9.17) is 0 Å². The molecule has 4 rings (SSSR count). The minimum atomic E-state index is 0.0717. The second kappa shape index (κ2) is 5.98. The molecule has 0 radical (unpaired) electrons. The van der Waals surface area contributed by atoms with Crippen LogP contribution < -0.4 is 4.90 Å². The summed E-state index contributed by atoms with van der Waals surface area (Å²) in [6.45, 7) is 2.98. The topological polar surface area (TPSA) is 33.2 Å². The van der Waals surface area contributed by atoms with Crippen molar-refractivity contribution in [1.82, 2.24) is 4.98 Å². The normalized spacial score (nSPS) is 17.8. The second-order valence-corrected chi connectivity index (χ2v) is 8.04. The van der Waals surface area contributed by atoms with Gasteiger partial charge in [-0.1, -0.05) is 19.1 Å². The maximum absolute atomic E-state index is 13.1. The first kappa shape index (κ1) is 14.7. The van der Waals surface area contributed by atoms with Gasteiger partial charge in [-0.05, 0) is 36.8 Å². The molecular weight excluding hydrogens is 324 g/mol. The number of rotatable bonds is 1. The van der Waals surface area contributed by atoms with E-state index in [9.17, 15) is 4.79 Å². The molecule has 0 saturated heterocycles. The molecule has 116 valence electrons. The van der Waals surface area contributed by atoms with E-state index in [2.05, 4.69) is 18.0 Å². The summed E-state index contributed by atoms with van der Waals surface area (Å²) in [4.78, 5) is 20.5. The third kappa shape index (κ3) is 2.75. The summed E-state index contributed by atoms with van der Waals surface area (Å²) in [5, 5.41) is 0.512. The van der Waals surface area contributed by atoms with Crippen molar-refractivity contribution in [2.24, 2.45) is 0 Å². The van der Waals surface area contributed by atoms with Gasteiger partial charge in [0.05, 0.1) is 21.4 Å². The van der Waals surface area contributed by atoms with E-state index in [0.29, 0.717) is 5.25 Å². The lowest BCUT2D eigenvalue weighted by Crippen LogP contribution is -2.32. The fourth-order valence-electron chi connectivity index (χ4n) is 2.84. The van der Waals surface area contributed by atoms with Gasteiger partial charge in [0.25, 0.3) is 5.91 Å². The molecule has 1 amide bonds. The SMILES string of the molecule is CC1CCN(C(=O)c2ccc3ncsc3c2)c2ccccc2S1. The molecule has 3 nitrogen and oxygen atoms in total. The predicted octanol–water partition coefficient (Wildman–Crippen LogP) is 4.83. The second-order valence-electron chi connectivity index (χ2n) is 5.68. The van der Waals surface area contributed by atoms with Crippen LogP contribution in [-0.4, -0.2) is 22.7 Å². The summed E-state index contributed by atoms with van der Waals surface area (Å²) in [7, 11) is 0. The van der Waals surface area contributed by atoms with Crippen LogP contribution in [0.25, 0.3) is 10.2 Å². The van der Waals surface area contributed by atoms with E-state index in [1.165, 1.54) is 4.90 Å². The van der Waals surface area contributed by atoms with E-state index < -0.39 is 0 Å². The van der Waals surface area contributed by atoms with Gasteiger partial charge in [-0.25, -0.2) is 4.98 Å². The van der Waals surface area contributed by atoms with E-state index in [1.54, 1.807) is 11.3 Å². The number of fused-ring (bicyclic) bond motifs is 2. The zero-order valence-corrected chi connectivity index (χ0v) is 14.4. The number of para-hydroxylation sites is 1. The van der Waals surface area contributed by atoms with Gasteiger partial charge in [-0.2, -0.15) is 0 Å². The first-order valence-corrected chi connectivity index (χ1v) is 9.39. The minimum absolute atomic E-state index is 0.0717. The lowest BCUT2D eigenvalue weighted by molar-refractivity contribution is 0.0986. The molecule has 5 heteroatoms. The Kier molecular flexibility index (Phi) is 3.83. The number of carbonyl (C=O) groups excluding carboxylic acids is 1. The third-order valence-electron chi connectivity index (χ3n) is 4.07. The van der Waals surface area contributed by atoms with Crippen LogP contribution in [0.2, 0.25) is 0 Å². The number of benzene rings is 2. The highest BCUT2D eigenvalue weighted by Gasteiger charge is 2.25. The zero-order valence-electron chi connectivity index (χ0n) is 12.7. The monoisotopic (exact) mass is 340 g/mol. The van der Waals surface area contributed by atoms with Crippen LogP contribution in [0.3, 0.4) is 0 Å². The Morgan fingerprint density at radius 1 is 1.26 bits per heavy atom. The van der Waals surface area contributed by atoms with Crippen molar-refractivity contribution in [1.29, 1.82) is 0 Å². The van der Waals surface area contributed by atoms with Gasteiger partial charge in [0, 0.05) is 22.3 Å². The molecule has 0 spiro atoms. The van der Waals surface area contributed by atoms with E-state index >= 15 is 0 Å². The van der Waals surface area contributed by atoms with E-state index in [-0.39, 0.29) is 5.91 Å². The summed E-state index contributed by atoms with van der Waals surface area (Å²) in [6.07, 6.45) is 0.994. The van der Waals surface area contributed by atoms with Crippen LogP contribution in [0, 0.1) is 0 Å². The molecular formula is C18H16N2OS2. The van der Waals surface area contributed by atoms with Crippen molar-refractivity contribution in [3.05, 3.63) is 53.5 Å². The van der Waals surface area contributed by atoms with Gasteiger partial charge in [0.15, 0.2) is 0 Å². The predicted molar refractivity (Wildman–Crippen MR) is 97.7 cm³/mol. The van der Waals surface area contributed by atoms with Gasteiger partial charge in [-0.15, -0.1) is 23.1 Å². The first-order chi connectivity index (χ1) is 11.2. The van der Waals surface area contributed by atoms with Crippen LogP contribution >= 0.6 is 23.1 Å². The van der Waals surface area contributed by atoms with Crippen molar-refractivity contribution in [3.8, 4) is 0 Å². The van der Waals surface area contributed by atoms with Gasteiger partial charge in [0.2, 0.25) is 0 Å². The minimum Gasteiger partial charge on any atom is -0.307 e. The molecule has 0 N–H and O–H groups in total. The van der Waals surface area contributed by atoms with Crippen molar-refractivity contribution in [2.45, 2.75) is 23.5 Å². The van der Waals surface area contributed by atoms with Gasteiger partial charge >= 0.3 is 0 Å². The standard InChI is InChI=1S/C18H16N2OS2/c1-12-8-9-20(15-4-2-3-5-16(15)23-12)18(21)13-6-7-14-17(10-13)22-11-19-14/h2-7,10-12H,8-9H2,1H3. The number of thioether (sulfide) groups is 1. The van der Waals surface area contributed by atoms with Gasteiger partial charge < -0.3 is 4.90 Å². The molecule has 2 aromatic carbocycles. The van der Waals surface area contributed by atoms with Gasteiger partial charge in [-0.3, -0.25) is 4.79 Å². The van der Waals surface area contributed by atoms with Gasteiger partial charge in [0.1, 0.15) is 0 Å². The van der Waals surface area contributed by atoms with Crippen LogP contribution in [0.15, 0.2) is 52.9 Å². The smallest absolute Gasteiger partial charge is 0.258 e. The lowest BCUT2D eigenvalue weighted by Gasteiger charge is -2.22. The highest BCUT2D eigenvalue weighted by atomic mass is 32.2. The number of aromatic nitrogens is 1. The Hall–Kier alpha value is -1.85. The van der Waals surface area contributed by atoms with Crippen LogP contribution in [0.5, 0.6) is 0 Å². The van der Waals surface area contributed by atoms with Crippen molar-refractivity contribution < 1.29 is 4.79 Å².